The average Bonchev–Trinajstić information content (AvgIpc) is 2.45. The second-order valence-corrected chi connectivity index (χ2v) is 3.93. The molecule has 1 nitrogen and oxygen atoms in total. The fraction of sp³-hybridized carbons (Fsp3) is 0.273. The summed E-state index contributed by atoms with van der Waals surface area (Å²) in [5.74, 6) is 0.444. The molecule has 68 valence electrons. The number of hydrogen-bond acceptors (Lipinski definition) is 0. The molecule has 1 aromatic heterocycles. The van der Waals surface area contributed by atoms with E-state index >= 15 is 0 Å². The van der Waals surface area contributed by atoms with Gasteiger partial charge in [-0.15, -0.1) is 0 Å². The molecule has 0 amide bonds. The van der Waals surface area contributed by atoms with E-state index in [2.05, 4.69) is 18.8 Å². The van der Waals surface area contributed by atoms with Gasteiger partial charge in [-0.05, 0) is 12.0 Å². The largest absolute Gasteiger partial charge is 0.357 e. The summed E-state index contributed by atoms with van der Waals surface area (Å²) in [6.07, 6.45) is 0. The van der Waals surface area contributed by atoms with Gasteiger partial charge in [-0.3, -0.25) is 0 Å². The van der Waals surface area contributed by atoms with Gasteiger partial charge in [0.2, 0.25) is 0 Å². The van der Waals surface area contributed by atoms with Gasteiger partial charge in [0, 0.05) is 16.6 Å². The summed E-state index contributed by atoms with van der Waals surface area (Å²) >= 11 is 6.22. The van der Waals surface area contributed by atoms with Gasteiger partial charge in [0.1, 0.15) is 0 Å². The van der Waals surface area contributed by atoms with Crippen LogP contribution in [0.5, 0.6) is 0 Å². The van der Waals surface area contributed by atoms with Crippen LogP contribution >= 0.6 is 11.6 Å². The number of nitrogens with one attached hydrogen (secondary N) is 1. The van der Waals surface area contributed by atoms with Gasteiger partial charge >= 0.3 is 0 Å². The van der Waals surface area contributed by atoms with Crippen molar-refractivity contribution in [3.63, 3.8) is 0 Å². The van der Waals surface area contributed by atoms with Crippen molar-refractivity contribution >= 4 is 22.5 Å². The SMILES string of the molecule is CC(C)c1[nH]c2ccccc2c1Cl. The zero-order valence-corrected chi connectivity index (χ0v) is 8.52. The number of aromatic amines is 1. The number of para-hydroxylation sites is 1. The summed E-state index contributed by atoms with van der Waals surface area (Å²) < 4.78 is 0. The summed E-state index contributed by atoms with van der Waals surface area (Å²) in [4.78, 5) is 3.33. The minimum Gasteiger partial charge on any atom is -0.357 e. The number of benzene rings is 1. The number of hydrogen-bond donors (Lipinski definition) is 1. The van der Waals surface area contributed by atoms with Crippen LogP contribution in [0.25, 0.3) is 10.9 Å². The maximum atomic E-state index is 6.22. The van der Waals surface area contributed by atoms with Gasteiger partial charge in [0.15, 0.2) is 0 Å². The highest BCUT2D eigenvalue weighted by atomic mass is 35.5. The van der Waals surface area contributed by atoms with E-state index in [1.807, 2.05) is 24.3 Å². The molecule has 0 aliphatic heterocycles. The van der Waals surface area contributed by atoms with E-state index in [0.29, 0.717) is 5.92 Å². The van der Waals surface area contributed by atoms with Crippen LogP contribution < -0.4 is 0 Å². The van der Waals surface area contributed by atoms with Gasteiger partial charge in [-0.2, -0.15) is 0 Å². The molecular formula is C11H12ClN. The molecule has 0 aliphatic rings. The summed E-state index contributed by atoms with van der Waals surface area (Å²) in [7, 11) is 0. The van der Waals surface area contributed by atoms with Crippen LogP contribution in [-0.2, 0) is 0 Å². The smallest absolute Gasteiger partial charge is 0.0694 e. The molecule has 2 aromatic rings. The van der Waals surface area contributed by atoms with Crippen LogP contribution in [0.1, 0.15) is 25.5 Å². The lowest BCUT2D eigenvalue weighted by atomic mass is 10.1. The first-order chi connectivity index (χ1) is 6.20. The first-order valence-electron chi connectivity index (χ1n) is 4.46. The molecule has 0 radical (unpaired) electrons. The van der Waals surface area contributed by atoms with Crippen molar-refractivity contribution in [2.45, 2.75) is 19.8 Å². The molecule has 0 fully saturated rings. The topological polar surface area (TPSA) is 15.8 Å². The van der Waals surface area contributed by atoms with Crippen LogP contribution in [-0.4, -0.2) is 4.98 Å². The van der Waals surface area contributed by atoms with E-state index in [1.165, 1.54) is 0 Å². The maximum Gasteiger partial charge on any atom is 0.0694 e. The van der Waals surface area contributed by atoms with Gasteiger partial charge in [0.25, 0.3) is 0 Å². The van der Waals surface area contributed by atoms with Crippen LogP contribution in [0, 0.1) is 0 Å². The molecule has 0 saturated heterocycles. The Bertz CT molecular complexity index is 429. The fourth-order valence-electron chi connectivity index (χ4n) is 1.53. The molecule has 1 heterocycles. The molecule has 1 N–H and O–H groups in total. The lowest BCUT2D eigenvalue weighted by molar-refractivity contribution is 0.837. The zero-order chi connectivity index (χ0) is 9.42. The molecule has 0 saturated carbocycles. The van der Waals surface area contributed by atoms with E-state index in [1.54, 1.807) is 0 Å². The minimum absolute atomic E-state index is 0.444. The summed E-state index contributed by atoms with van der Waals surface area (Å²) in [6, 6.07) is 8.11. The Labute approximate surface area is 82.7 Å². The van der Waals surface area contributed by atoms with Crippen LogP contribution in [0.3, 0.4) is 0 Å². The molecule has 2 heteroatoms. The Hall–Kier alpha value is -0.950. The molecule has 1 aromatic carbocycles. The average molecular weight is 194 g/mol. The standard InChI is InChI=1S/C11H12ClN/c1-7(2)11-10(12)8-5-3-4-6-9(8)13-11/h3-7,13H,1-2H3. The maximum absolute atomic E-state index is 6.22. The Balaban J connectivity index is 2.74. The highest BCUT2D eigenvalue weighted by molar-refractivity contribution is 6.36. The van der Waals surface area contributed by atoms with Crippen molar-refractivity contribution < 1.29 is 0 Å². The van der Waals surface area contributed by atoms with Crippen molar-refractivity contribution in [2.75, 3.05) is 0 Å². The zero-order valence-electron chi connectivity index (χ0n) is 7.76. The highest BCUT2D eigenvalue weighted by Crippen LogP contribution is 2.31. The van der Waals surface area contributed by atoms with Crippen LogP contribution in [0.15, 0.2) is 24.3 Å². The summed E-state index contributed by atoms with van der Waals surface area (Å²) in [5, 5.41) is 1.98. The fourth-order valence-corrected chi connectivity index (χ4v) is 1.96. The van der Waals surface area contributed by atoms with Crippen molar-refractivity contribution in [1.29, 1.82) is 0 Å². The van der Waals surface area contributed by atoms with E-state index < -0.39 is 0 Å². The van der Waals surface area contributed by atoms with Crippen molar-refractivity contribution in [2.24, 2.45) is 0 Å². The molecule has 0 bridgehead atoms. The third-order valence-electron chi connectivity index (χ3n) is 2.25. The van der Waals surface area contributed by atoms with Gasteiger partial charge in [0.05, 0.1) is 5.02 Å². The quantitative estimate of drug-likeness (QED) is 0.706. The predicted molar refractivity (Wildman–Crippen MR) is 57.4 cm³/mol. The van der Waals surface area contributed by atoms with Gasteiger partial charge in [-0.1, -0.05) is 43.6 Å². The predicted octanol–water partition coefficient (Wildman–Crippen LogP) is 3.94. The number of halogens is 1. The van der Waals surface area contributed by atoms with Crippen molar-refractivity contribution in [3.05, 3.63) is 35.0 Å². The molecule has 2 rings (SSSR count). The second kappa shape index (κ2) is 3.08. The number of aromatic nitrogens is 1. The van der Waals surface area contributed by atoms with E-state index in [0.717, 1.165) is 21.6 Å². The van der Waals surface area contributed by atoms with Crippen LogP contribution in [0.4, 0.5) is 0 Å². The lowest BCUT2D eigenvalue weighted by Crippen LogP contribution is -1.86. The Kier molecular flexibility index (Phi) is 2.04. The molecule has 0 spiro atoms. The molecular weight excluding hydrogens is 182 g/mol. The van der Waals surface area contributed by atoms with Crippen molar-refractivity contribution in [1.82, 2.24) is 4.98 Å². The molecule has 13 heavy (non-hydrogen) atoms. The van der Waals surface area contributed by atoms with Gasteiger partial charge < -0.3 is 4.98 Å². The first-order valence-corrected chi connectivity index (χ1v) is 4.84. The third kappa shape index (κ3) is 1.33. The Morgan fingerprint density at radius 3 is 2.54 bits per heavy atom. The Morgan fingerprint density at radius 2 is 1.92 bits per heavy atom. The van der Waals surface area contributed by atoms with Crippen molar-refractivity contribution in [3.8, 4) is 0 Å². The summed E-state index contributed by atoms with van der Waals surface area (Å²) in [5.41, 5.74) is 2.25. The van der Waals surface area contributed by atoms with E-state index in [-0.39, 0.29) is 0 Å². The monoisotopic (exact) mass is 193 g/mol. The number of rotatable bonds is 1. The highest BCUT2D eigenvalue weighted by Gasteiger charge is 2.10. The molecule has 0 aliphatic carbocycles. The number of H-pyrrole nitrogens is 1. The normalized spacial score (nSPS) is 11.4. The van der Waals surface area contributed by atoms with E-state index in [4.69, 9.17) is 11.6 Å². The first kappa shape index (κ1) is 8.64. The number of fused-ring (bicyclic) bond motifs is 1. The molecule has 0 atom stereocenters. The minimum atomic E-state index is 0.444. The van der Waals surface area contributed by atoms with Gasteiger partial charge in [-0.25, -0.2) is 0 Å². The van der Waals surface area contributed by atoms with E-state index in [9.17, 15) is 0 Å². The summed E-state index contributed by atoms with van der Waals surface area (Å²) in [6.45, 7) is 4.27. The second-order valence-electron chi connectivity index (χ2n) is 3.55. The molecule has 0 unspecified atom stereocenters. The third-order valence-corrected chi connectivity index (χ3v) is 2.65. The van der Waals surface area contributed by atoms with Crippen LogP contribution in [0.2, 0.25) is 5.02 Å². The Morgan fingerprint density at radius 1 is 1.23 bits per heavy atom. The lowest BCUT2D eigenvalue weighted by Gasteiger charge is -2.00.